The van der Waals surface area contributed by atoms with E-state index < -0.39 is 0 Å². The number of hydrogen-bond acceptors (Lipinski definition) is 4. The number of imidazole rings is 2. The molecule has 0 radical (unpaired) electrons. The molecule has 0 saturated heterocycles. The Labute approximate surface area is 109 Å². The summed E-state index contributed by atoms with van der Waals surface area (Å²) >= 11 is 1.66. The van der Waals surface area contributed by atoms with Crippen LogP contribution in [0, 0.1) is 6.92 Å². The molecule has 0 atom stereocenters. The standard InChI is InChI=1S/C12H15N5S/c1-9-10(17-5-6-18-12(17)15-9)7-13-8-11-14-3-4-16(11)2/h3-6,13H,7-8H2,1-2H3. The average molecular weight is 261 g/mol. The van der Waals surface area contributed by atoms with Crippen molar-refractivity contribution in [1.82, 2.24) is 24.3 Å². The molecular weight excluding hydrogens is 246 g/mol. The summed E-state index contributed by atoms with van der Waals surface area (Å²) in [5, 5.41) is 5.47. The summed E-state index contributed by atoms with van der Waals surface area (Å²) in [6.45, 7) is 3.62. The zero-order valence-electron chi connectivity index (χ0n) is 10.4. The zero-order chi connectivity index (χ0) is 12.5. The highest BCUT2D eigenvalue weighted by atomic mass is 32.1. The molecule has 3 aromatic rings. The number of thiazole rings is 1. The van der Waals surface area contributed by atoms with E-state index in [2.05, 4.69) is 38.2 Å². The van der Waals surface area contributed by atoms with Crippen LogP contribution >= 0.6 is 11.3 Å². The Hall–Kier alpha value is -1.66. The third-order valence-corrected chi connectivity index (χ3v) is 3.81. The second-order valence-corrected chi connectivity index (χ2v) is 5.13. The van der Waals surface area contributed by atoms with Crippen molar-refractivity contribution in [2.45, 2.75) is 20.0 Å². The van der Waals surface area contributed by atoms with E-state index in [4.69, 9.17) is 0 Å². The van der Waals surface area contributed by atoms with Gasteiger partial charge in [0.2, 0.25) is 0 Å². The number of hydrogen-bond donors (Lipinski definition) is 1. The van der Waals surface area contributed by atoms with Crippen molar-refractivity contribution in [2.75, 3.05) is 0 Å². The number of fused-ring (bicyclic) bond motifs is 1. The molecule has 1 N–H and O–H groups in total. The summed E-state index contributed by atoms with van der Waals surface area (Å²) in [5.41, 5.74) is 2.31. The third-order valence-electron chi connectivity index (χ3n) is 3.06. The smallest absolute Gasteiger partial charge is 0.194 e. The van der Waals surface area contributed by atoms with Gasteiger partial charge in [0.25, 0.3) is 0 Å². The largest absolute Gasteiger partial charge is 0.337 e. The molecule has 5 nitrogen and oxygen atoms in total. The van der Waals surface area contributed by atoms with Crippen LogP contribution in [0.1, 0.15) is 17.2 Å². The van der Waals surface area contributed by atoms with Crippen LogP contribution in [0.3, 0.4) is 0 Å². The minimum Gasteiger partial charge on any atom is -0.337 e. The first-order chi connectivity index (χ1) is 8.75. The van der Waals surface area contributed by atoms with E-state index in [0.717, 1.165) is 29.6 Å². The molecule has 0 fully saturated rings. The summed E-state index contributed by atoms with van der Waals surface area (Å²) in [7, 11) is 2.01. The van der Waals surface area contributed by atoms with E-state index in [1.807, 2.05) is 24.0 Å². The summed E-state index contributed by atoms with van der Waals surface area (Å²) in [6, 6.07) is 0. The number of rotatable bonds is 4. The van der Waals surface area contributed by atoms with Crippen LogP contribution in [0.5, 0.6) is 0 Å². The fourth-order valence-electron chi connectivity index (χ4n) is 2.01. The van der Waals surface area contributed by atoms with Gasteiger partial charge < -0.3 is 9.88 Å². The van der Waals surface area contributed by atoms with Crippen LogP contribution < -0.4 is 5.32 Å². The maximum Gasteiger partial charge on any atom is 0.194 e. The molecule has 0 aliphatic heterocycles. The van der Waals surface area contributed by atoms with Crippen molar-refractivity contribution in [3.05, 3.63) is 41.2 Å². The van der Waals surface area contributed by atoms with E-state index >= 15 is 0 Å². The summed E-state index contributed by atoms with van der Waals surface area (Å²) < 4.78 is 4.17. The average Bonchev–Trinajstić information content (AvgIpc) is 2.99. The molecule has 6 heteroatoms. The predicted molar refractivity (Wildman–Crippen MR) is 71.6 cm³/mol. The van der Waals surface area contributed by atoms with E-state index in [0.29, 0.717) is 0 Å². The van der Waals surface area contributed by atoms with Crippen molar-refractivity contribution >= 4 is 16.3 Å². The monoisotopic (exact) mass is 261 g/mol. The Morgan fingerprint density at radius 3 is 3.00 bits per heavy atom. The van der Waals surface area contributed by atoms with E-state index in [-0.39, 0.29) is 0 Å². The molecule has 94 valence electrons. The Morgan fingerprint density at radius 2 is 2.22 bits per heavy atom. The van der Waals surface area contributed by atoms with Gasteiger partial charge in [0.1, 0.15) is 5.82 Å². The van der Waals surface area contributed by atoms with E-state index in [1.54, 1.807) is 11.3 Å². The maximum atomic E-state index is 4.53. The number of aryl methyl sites for hydroxylation is 2. The minimum atomic E-state index is 0.764. The molecule has 0 spiro atoms. The van der Waals surface area contributed by atoms with Crippen molar-refractivity contribution in [3.8, 4) is 0 Å². The lowest BCUT2D eigenvalue weighted by atomic mass is 10.3. The highest BCUT2D eigenvalue weighted by Gasteiger charge is 2.09. The van der Waals surface area contributed by atoms with Crippen LogP contribution in [0.2, 0.25) is 0 Å². The SMILES string of the molecule is Cc1nc2sccn2c1CNCc1nccn1C. The van der Waals surface area contributed by atoms with Gasteiger partial charge in [0.05, 0.1) is 17.9 Å². The van der Waals surface area contributed by atoms with Gasteiger partial charge in [-0.05, 0) is 6.92 Å². The van der Waals surface area contributed by atoms with Gasteiger partial charge in [-0.3, -0.25) is 4.40 Å². The number of nitrogens with one attached hydrogen (secondary N) is 1. The zero-order valence-corrected chi connectivity index (χ0v) is 11.2. The van der Waals surface area contributed by atoms with Gasteiger partial charge in [-0.25, -0.2) is 9.97 Å². The van der Waals surface area contributed by atoms with Crippen molar-refractivity contribution in [1.29, 1.82) is 0 Å². The summed E-state index contributed by atoms with van der Waals surface area (Å²) in [6.07, 6.45) is 5.84. The second kappa shape index (κ2) is 4.55. The highest BCUT2D eigenvalue weighted by Crippen LogP contribution is 2.16. The van der Waals surface area contributed by atoms with Crippen molar-refractivity contribution < 1.29 is 0 Å². The normalized spacial score (nSPS) is 11.4. The van der Waals surface area contributed by atoms with Gasteiger partial charge in [-0.15, -0.1) is 11.3 Å². The van der Waals surface area contributed by atoms with Crippen molar-refractivity contribution in [3.63, 3.8) is 0 Å². The molecule has 3 aromatic heterocycles. The third kappa shape index (κ3) is 1.93. The molecule has 0 saturated carbocycles. The van der Waals surface area contributed by atoms with Crippen molar-refractivity contribution in [2.24, 2.45) is 7.05 Å². The fourth-order valence-corrected chi connectivity index (χ4v) is 2.79. The minimum absolute atomic E-state index is 0.764. The first-order valence-electron chi connectivity index (χ1n) is 5.83. The molecule has 0 unspecified atom stereocenters. The Balaban J connectivity index is 1.71. The maximum absolute atomic E-state index is 4.53. The van der Waals surface area contributed by atoms with Crippen LogP contribution in [-0.2, 0) is 20.1 Å². The van der Waals surface area contributed by atoms with E-state index in [9.17, 15) is 0 Å². The van der Waals surface area contributed by atoms with Crippen LogP contribution in [0.25, 0.3) is 4.96 Å². The van der Waals surface area contributed by atoms with Crippen LogP contribution in [0.15, 0.2) is 24.0 Å². The van der Waals surface area contributed by atoms with Crippen LogP contribution in [0.4, 0.5) is 0 Å². The lowest BCUT2D eigenvalue weighted by Crippen LogP contribution is -2.17. The molecule has 3 heterocycles. The van der Waals surface area contributed by atoms with Gasteiger partial charge in [-0.1, -0.05) is 0 Å². The first kappa shape index (κ1) is 11.4. The molecule has 0 aromatic carbocycles. The molecule has 0 bridgehead atoms. The number of aromatic nitrogens is 4. The molecular formula is C12H15N5S. The Bertz CT molecular complexity index is 663. The summed E-state index contributed by atoms with van der Waals surface area (Å²) in [4.78, 5) is 9.87. The van der Waals surface area contributed by atoms with Crippen LogP contribution in [-0.4, -0.2) is 18.9 Å². The topological polar surface area (TPSA) is 47.1 Å². The predicted octanol–water partition coefficient (Wildman–Crippen LogP) is 1.73. The molecule has 0 amide bonds. The molecule has 0 aliphatic rings. The molecule has 3 rings (SSSR count). The van der Waals surface area contributed by atoms with E-state index in [1.165, 1.54) is 5.69 Å². The molecule has 0 aliphatic carbocycles. The van der Waals surface area contributed by atoms with Gasteiger partial charge in [-0.2, -0.15) is 0 Å². The van der Waals surface area contributed by atoms with Gasteiger partial charge in [0.15, 0.2) is 4.96 Å². The van der Waals surface area contributed by atoms with Gasteiger partial charge >= 0.3 is 0 Å². The fraction of sp³-hybridized carbons (Fsp3) is 0.333. The number of nitrogens with zero attached hydrogens (tertiary/aromatic N) is 4. The van der Waals surface area contributed by atoms with Gasteiger partial charge in [0, 0.05) is 37.6 Å². The quantitative estimate of drug-likeness (QED) is 0.778. The Morgan fingerprint density at radius 1 is 1.33 bits per heavy atom. The second-order valence-electron chi connectivity index (χ2n) is 4.26. The lowest BCUT2D eigenvalue weighted by molar-refractivity contribution is 0.626. The highest BCUT2D eigenvalue weighted by molar-refractivity contribution is 7.15. The first-order valence-corrected chi connectivity index (χ1v) is 6.71. The lowest BCUT2D eigenvalue weighted by Gasteiger charge is -2.05. The Kier molecular flexibility index (Phi) is 2.89. The molecule has 18 heavy (non-hydrogen) atoms. The summed E-state index contributed by atoms with van der Waals surface area (Å²) in [5.74, 6) is 1.04.